The van der Waals surface area contributed by atoms with E-state index in [1.54, 1.807) is 0 Å². The van der Waals surface area contributed by atoms with E-state index in [9.17, 15) is 21.8 Å². The van der Waals surface area contributed by atoms with E-state index in [4.69, 9.17) is 34.2 Å². The highest BCUT2D eigenvalue weighted by Gasteiger charge is 2.47. The van der Waals surface area contributed by atoms with Gasteiger partial charge in [-0.05, 0) is 17.7 Å². The molecule has 0 bridgehead atoms. The quantitative estimate of drug-likeness (QED) is 0.590. The minimum atomic E-state index is -5.12. The normalized spacial score (nSPS) is 12.9. The second kappa shape index (κ2) is 6.48. The molecule has 0 aliphatic carbocycles. The van der Waals surface area contributed by atoms with Gasteiger partial charge in [0, 0.05) is 16.2 Å². The smallest absolute Gasteiger partial charge is 0.383 e. The van der Waals surface area contributed by atoms with Gasteiger partial charge in [-0.25, -0.2) is 9.07 Å². The van der Waals surface area contributed by atoms with Gasteiger partial charge in [-0.2, -0.15) is 23.5 Å². The van der Waals surface area contributed by atoms with Crippen molar-refractivity contribution in [1.82, 2.24) is 9.78 Å². The number of anilines is 1. The van der Waals surface area contributed by atoms with E-state index in [-0.39, 0.29) is 21.3 Å². The highest BCUT2D eigenvalue weighted by atomic mass is 35.5. The van der Waals surface area contributed by atoms with Gasteiger partial charge in [0.2, 0.25) is 0 Å². The first-order valence-electron chi connectivity index (χ1n) is 6.43. The molecule has 5 nitrogen and oxygen atoms in total. The van der Waals surface area contributed by atoms with Gasteiger partial charge in [-0.3, -0.25) is 4.21 Å². The third kappa shape index (κ3) is 3.19. The van der Waals surface area contributed by atoms with Gasteiger partial charge in [-0.1, -0.05) is 23.2 Å². The van der Waals surface area contributed by atoms with Gasteiger partial charge in [-0.15, -0.1) is 0 Å². The van der Waals surface area contributed by atoms with Crippen molar-refractivity contribution in [3.8, 4) is 11.8 Å². The van der Waals surface area contributed by atoms with Crippen LogP contribution in [0.5, 0.6) is 0 Å². The average molecular weight is 417 g/mol. The molecule has 0 aliphatic rings. The molecule has 0 unspecified atom stereocenters. The summed E-state index contributed by atoms with van der Waals surface area (Å²) in [6.45, 7) is -0.874. The zero-order chi connectivity index (χ0) is 19.2. The number of hydrogen-bond acceptors (Lipinski definition) is 4. The standard InChI is InChI=1S/C13H10Cl2F4N4OS/c1-25(24,13(17,18)19)11-9(5-20)22-23(12(11)21)10-7(14)2-6(4-16)3-8(10)15/h2-3,25H,4,21H2,1H3. The summed E-state index contributed by atoms with van der Waals surface area (Å²) < 4.78 is 65.0. The van der Waals surface area contributed by atoms with E-state index in [1.165, 1.54) is 18.2 Å². The van der Waals surface area contributed by atoms with E-state index >= 15 is 0 Å². The summed E-state index contributed by atoms with van der Waals surface area (Å²) in [7, 11) is -5.04. The molecular formula is C13H10Cl2F4N4OS. The molecule has 2 N–H and O–H groups in total. The molecule has 1 aromatic carbocycles. The maximum absolute atomic E-state index is 13.1. The van der Waals surface area contributed by atoms with Gasteiger partial charge in [0.25, 0.3) is 0 Å². The number of rotatable bonds is 3. The van der Waals surface area contributed by atoms with Gasteiger partial charge in [0.05, 0.1) is 10.0 Å². The Hall–Kier alpha value is -1.83. The van der Waals surface area contributed by atoms with E-state index in [2.05, 4.69) is 5.10 Å². The van der Waals surface area contributed by atoms with Crippen LogP contribution in [0.25, 0.3) is 5.69 Å². The third-order valence-electron chi connectivity index (χ3n) is 3.35. The molecule has 0 amide bonds. The SMILES string of the molecule is C[SH](=O)(c1c(C#N)nn(-c2c(Cl)cc(CF)cc2Cl)c1N)C(F)(F)F. The topological polar surface area (TPSA) is 84.7 Å². The molecule has 0 aliphatic heterocycles. The van der Waals surface area contributed by atoms with Crippen molar-refractivity contribution in [3.05, 3.63) is 33.4 Å². The Bertz CT molecular complexity index is 912. The second-order valence-corrected chi connectivity index (χ2v) is 8.66. The van der Waals surface area contributed by atoms with Crippen molar-refractivity contribution >= 4 is 39.0 Å². The largest absolute Gasteiger partial charge is 0.452 e. The monoisotopic (exact) mass is 416 g/mol. The van der Waals surface area contributed by atoms with Crippen molar-refractivity contribution in [2.45, 2.75) is 17.1 Å². The number of aromatic nitrogens is 2. The zero-order valence-electron chi connectivity index (χ0n) is 12.4. The number of benzene rings is 1. The summed E-state index contributed by atoms with van der Waals surface area (Å²) >= 11 is 12.0. The maximum atomic E-state index is 13.1. The molecule has 0 saturated carbocycles. The third-order valence-corrected chi connectivity index (χ3v) is 6.19. The number of nitriles is 1. The fourth-order valence-electron chi connectivity index (χ4n) is 2.11. The van der Waals surface area contributed by atoms with Crippen LogP contribution >= 0.6 is 23.2 Å². The van der Waals surface area contributed by atoms with Gasteiger partial charge >= 0.3 is 5.51 Å². The Balaban J connectivity index is 2.81. The van der Waals surface area contributed by atoms with Crippen LogP contribution in [0, 0.1) is 11.3 Å². The minimum Gasteiger partial charge on any atom is -0.383 e. The molecule has 25 heavy (non-hydrogen) atoms. The van der Waals surface area contributed by atoms with Crippen LogP contribution in [-0.4, -0.2) is 25.8 Å². The van der Waals surface area contributed by atoms with Crippen LogP contribution in [0.2, 0.25) is 10.0 Å². The molecule has 12 heteroatoms. The Morgan fingerprint density at radius 1 is 1.36 bits per heavy atom. The first-order valence-corrected chi connectivity index (χ1v) is 9.34. The Kier molecular flexibility index (Phi) is 5.05. The van der Waals surface area contributed by atoms with Crippen molar-refractivity contribution in [1.29, 1.82) is 5.26 Å². The predicted octanol–water partition coefficient (Wildman–Crippen LogP) is 3.63. The number of nitrogens with zero attached hydrogens (tertiary/aromatic N) is 3. The van der Waals surface area contributed by atoms with Crippen LogP contribution in [0.1, 0.15) is 11.3 Å². The van der Waals surface area contributed by atoms with Crippen LogP contribution in [-0.2, 0) is 16.6 Å². The van der Waals surface area contributed by atoms with E-state index in [0.29, 0.717) is 10.9 Å². The lowest BCUT2D eigenvalue weighted by Crippen LogP contribution is -2.31. The van der Waals surface area contributed by atoms with E-state index in [0.717, 1.165) is 0 Å². The highest BCUT2D eigenvalue weighted by molar-refractivity contribution is 8.03. The van der Waals surface area contributed by atoms with Crippen molar-refractivity contribution in [2.24, 2.45) is 0 Å². The lowest BCUT2D eigenvalue weighted by molar-refractivity contribution is -0.0413. The van der Waals surface area contributed by atoms with Crippen LogP contribution in [0.4, 0.5) is 23.4 Å². The molecule has 0 atom stereocenters. The summed E-state index contributed by atoms with van der Waals surface area (Å²) in [5, 5.41) is 12.4. The van der Waals surface area contributed by atoms with Gasteiger partial charge in [0.15, 0.2) is 5.69 Å². The fourth-order valence-corrected chi connectivity index (χ4v) is 4.09. The molecule has 0 fully saturated rings. The van der Waals surface area contributed by atoms with Crippen LogP contribution in [0.15, 0.2) is 17.0 Å². The van der Waals surface area contributed by atoms with Crippen LogP contribution < -0.4 is 5.73 Å². The molecule has 0 saturated heterocycles. The Morgan fingerprint density at radius 2 is 1.88 bits per heavy atom. The molecule has 0 radical (unpaired) electrons. The number of halogens is 6. The molecule has 136 valence electrons. The van der Waals surface area contributed by atoms with Crippen molar-refractivity contribution in [3.63, 3.8) is 0 Å². The number of thiol groups is 1. The lowest BCUT2D eigenvalue weighted by atomic mass is 10.2. The first-order chi connectivity index (χ1) is 11.5. The van der Waals surface area contributed by atoms with E-state index in [1.807, 2.05) is 0 Å². The Morgan fingerprint density at radius 3 is 2.28 bits per heavy atom. The summed E-state index contributed by atoms with van der Waals surface area (Å²) in [5.74, 6) is -0.684. The van der Waals surface area contributed by atoms with Gasteiger partial charge < -0.3 is 5.73 Å². The lowest BCUT2D eigenvalue weighted by Gasteiger charge is -2.21. The fraction of sp³-hybridized carbons (Fsp3) is 0.231. The van der Waals surface area contributed by atoms with Crippen molar-refractivity contribution in [2.75, 3.05) is 12.0 Å². The average Bonchev–Trinajstić information content (AvgIpc) is 2.82. The highest BCUT2D eigenvalue weighted by Crippen LogP contribution is 2.41. The number of nitrogens with two attached hydrogens (primary N) is 1. The molecule has 0 spiro atoms. The summed E-state index contributed by atoms with van der Waals surface area (Å²) in [6, 6.07) is 3.81. The minimum absolute atomic E-state index is 0.127. The van der Waals surface area contributed by atoms with E-state index < -0.39 is 38.5 Å². The molecule has 2 aromatic rings. The second-order valence-electron chi connectivity index (χ2n) is 5.04. The summed E-state index contributed by atoms with van der Waals surface area (Å²) in [6.07, 6.45) is 0.445. The molecular weight excluding hydrogens is 407 g/mol. The maximum Gasteiger partial charge on any atom is 0.452 e. The molecule has 1 heterocycles. The first kappa shape index (κ1) is 19.5. The Labute approximate surface area is 150 Å². The van der Waals surface area contributed by atoms with Crippen LogP contribution in [0.3, 0.4) is 0 Å². The number of nitrogen functional groups attached to an aromatic ring is 1. The van der Waals surface area contributed by atoms with Crippen molar-refractivity contribution < 1.29 is 21.8 Å². The predicted molar refractivity (Wildman–Crippen MR) is 87.3 cm³/mol. The molecule has 1 aromatic heterocycles. The zero-order valence-corrected chi connectivity index (χ0v) is 14.8. The summed E-state index contributed by atoms with van der Waals surface area (Å²) in [5.41, 5.74) is -0.215. The summed E-state index contributed by atoms with van der Waals surface area (Å²) in [4.78, 5) is -0.927. The number of hydrogen-bond donors (Lipinski definition) is 2. The number of alkyl halides is 4. The van der Waals surface area contributed by atoms with Gasteiger partial charge in [0.1, 0.15) is 29.1 Å². The molecule has 2 rings (SSSR count).